The zero-order chi connectivity index (χ0) is 42.2. The van der Waals surface area contributed by atoms with Crippen LogP contribution in [-0.4, -0.2) is 35.6 Å². The molecule has 0 fully saturated rings. The van der Waals surface area contributed by atoms with Gasteiger partial charge in [-0.1, -0.05) is 159 Å². The van der Waals surface area contributed by atoms with Crippen molar-refractivity contribution in [1.82, 2.24) is 0 Å². The molecule has 4 aromatic rings. The van der Waals surface area contributed by atoms with Crippen LogP contribution in [0, 0.1) is 13.8 Å². The quantitative estimate of drug-likeness (QED) is 0.0516. The van der Waals surface area contributed by atoms with Crippen LogP contribution in [0.25, 0.3) is 22.3 Å². The van der Waals surface area contributed by atoms with Gasteiger partial charge in [-0.2, -0.15) is 0 Å². The molecule has 2 N–H and O–H groups in total. The summed E-state index contributed by atoms with van der Waals surface area (Å²) < 4.78 is 11.8. The molecule has 0 aliphatic rings. The second-order valence-corrected chi connectivity index (χ2v) is 17.3. The molecular weight excluding hydrogens is 725 g/mol. The number of hydrogen-bond donors (Lipinski definition) is 2. The molecule has 59 heavy (non-hydrogen) atoms. The predicted octanol–water partition coefficient (Wildman–Crippen LogP) is 14.7. The van der Waals surface area contributed by atoms with E-state index in [1.165, 1.54) is 153 Å². The van der Waals surface area contributed by atoms with E-state index >= 15 is 0 Å². The lowest BCUT2D eigenvalue weighted by atomic mass is 9.83. The summed E-state index contributed by atoms with van der Waals surface area (Å²) in [6.07, 6.45) is 23.3. The number of hydrogen-bond acceptors (Lipinski definition) is 4. The molecule has 4 rings (SSSR count). The van der Waals surface area contributed by atoms with E-state index in [0.717, 1.165) is 37.0 Å². The van der Waals surface area contributed by atoms with Crippen molar-refractivity contribution in [1.29, 1.82) is 0 Å². The highest BCUT2D eigenvalue weighted by atomic mass is 16.5. The topological polar surface area (TPSA) is 58.9 Å². The average Bonchev–Trinajstić information content (AvgIpc) is 3.24. The first-order valence-corrected chi connectivity index (χ1v) is 23.8. The Hall–Kier alpha value is -3.60. The molecule has 0 heterocycles. The van der Waals surface area contributed by atoms with Gasteiger partial charge in [0, 0.05) is 6.42 Å². The van der Waals surface area contributed by atoms with Gasteiger partial charge in [0.2, 0.25) is 0 Å². The molecule has 0 amide bonds. The fourth-order valence-electron chi connectivity index (χ4n) is 8.33. The van der Waals surface area contributed by atoms with E-state index < -0.39 is 12.2 Å². The van der Waals surface area contributed by atoms with Crippen molar-refractivity contribution in [3.63, 3.8) is 0 Å². The van der Waals surface area contributed by atoms with Crippen LogP contribution in [-0.2, 0) is 25.7 Å². The van der Waals surface area contributed by atoms with Crippen LogP contribution >= 0.6 is 0 Å². The van der Waals surface area contributed by atoms with Crippen LogP contribution in [0.1, 0.15) is 170 Å². The second-order valence-electron chi connectivity index (χ2n) is 17.3. The minimum absolute atomic E-state index is 0.109. The maximum absolute atomic E-state index is 10.7. The lowest BCUT2D eigenvalue weighted by molar-refractivity contribution is 0.0284. The smallest absolute Gasteiger partial charge is 0.119 e. The predicted molar refractivity (Wildman–Crippen MR) is 252 cm³/mol. The first-order chi connectivity index (χ1) is 28.8. The minimum Gasteiger partial charge on any atom is -0.491 e. The van der Waals surface area contributed by atoms with Crippen LogP contribution in [0.15, 0.2) is 72.8 Å². The van der Waals surface area contributed by atoms with Crippen LogP contribution < -0.4 is 9.47 Å². The summed E-state index contributed by atoms with van der Waals surface area (Å²) in [4.78, 5) is 0. The van der Waals surface area contributed by atoms with E-state index in [2.05, 4.69) is 71.0 Å². The summed E-state index contributed by atoms with van der Waals surface area (Å²) in [5.41, 5.74) is 14.1. The highest BCUT2D eigenvalue weighted by Crippen LogP contribution is 2.38. The lowest BCUT2D eigenvalue weighted by Gasteiger charge is -2.22. The Morgan fingerprint density at radius 1 is 0.424 bits per heavy atom. The van der Waals surface area contributed by atoms with E-state index in [9.17, 15) is 10.2 Å². The third-order valence-electron chi connectivity index (χ3n) is 12.0. The summed E-state index contributed by atoms with van der Waals surface area (Å²) in [7, 11) is 0. The Labute approximate surface area is 360 Å². The molecule has 4 aromatic carbocycles. The molecule has 0 spiro atoms. The molecule has 4 heteroatoms. The zero-order valence-electron chi connectivity index (χ0n) is 38.1. The van der Waals surface area contributed by atoms with Gasteiger partial charge >= 0.3 is 0 Å². The van der Waals surface area contributed by atoms with Gasteiger partial charge in [0.1, 0.15) is 24.7 Å². The maximum atomic E-state index is 10.7. The number of unbranched alkanes of at least 4 members (excludes halogenated alkanes) is 12. The lowest BCUT2D eigenvalue weighted by Crippen LogP contribution is -2.27. The molecule has 0 aromatic heterocycles. The number of rotatable bonds is 30. The molecule has 4 nitrogen and oxygen atoms in total. The van der Waals surface area contributed by atoms with Crippen molar-refractivity contribution in [2.75, 3.05) is 13.2 Å². The fraction of sp³-hybridized carbons (Fsp3) is 0.564. The second kappa shape index (κ2) is 27.3. The molecule has 0 aliphatic heterocycles. The largest absolute Gasteiger partial charge is 0.491 e. The normalized spacial score (nSPS) is 12.5. The highest BCUT2D eigenvalue weighted by molar-refractivity contribution is 5.79. The Bertz CT molecular complexity index is 1740. The molecular formula is C55H80O4. The van der Waals surface area contributed by atoms with Crippen molar-refractivity contribution in [2.45, 2.75) is 189 Å². The Morgan fingerprint density at radius 2 is 0.797 bits per heavy atom. The Kier molecular flexibility index (Phi) is 22.2. The molecule has 0 saturated carbocycles. The van der Waals surface area contributed by atoms with Crippen molar-refractivity contribution in [2.24, 2.45) is 0 Å². The highest BCUT2D eigenvalue weighted by Gasteiger charge is 2.19. The minimum atomic E-state index is -0.806. The molecule has 0 bridgehead atoms. The number of aliphatic hydroxyl groups is 2. The first kappa shape index (κ1) is 48.1. The van der Waals surface area contributed by atoms with Crippen LogP contribution in [0.3, 0.4) is 0 Å². The van der Waals surface area contributed by atoms with Crippen molar-refractivity contribution in [3.8, 4) is 33.8 Å². The van der Waals surface area contributed by atoms with Crippen LogP contribution in [0.2, 0.25) is 0 Å². The van der Waals surface area contributed by atoms with Gasteiger partial charge in [0.25, 0.3) is 0 Å². The van der Waals surface area contributed by atoms with Crippen LogP contribution in [0.5, 0.6) is 11.5 Å². The van der Waals surface area contributed by atoms with Gasteiger partial charge in [-0.3, -0.25) is 0 Å². The van der Waals surface area contributed by atoms with Crippen molar-refractivity contribution >= 4 is 0 Å². The van der Waals surface area contributed by atoms with E-state index in [0.29, 0.717) is 5.75 Å². The SMILES string of the molecule is CCCCCCc1cc(-c2cc(CCCCCC)c(-c3ccc(OCC(O)CC(O)COc4ccc(C)cc4)cc3)cc2CCCCCC)c(CCCCCC)cc1C. The zero-order valence-corrected chi connectivity index (χ0v) is 38.1. The molecule has 324 valence electrons. The number of benzene rings is 4. The number of ether oxygens (including phenoxy) is 2. The molecule has 2 unspecified atom stereocenters. The van der Waals surface area contributed by atoms with Gasteiger partial charge in [-0.25, -0.2) is 0 Å². The maximum Gasteiger partial charge on any atom is 0.119 e. The molecule has 0 aliphatic carbocycles. The van der Waals surface area contributed by atoms with Gasteiger partial charge < -0.3 is 19.7 Å². The summed E-state index contributed by atoms with van der Waals surface area (Å²) in [5.74, 6) is 1.43. The Balaban J connectivity index is 1.63. The molecule has 0 saturated heterocycles. The standard InChI is InChI=1S/C55H80O4/c1-7-11-15-19-23-45-36-54(46(35-43(45)6)24-20-16-12-8-2)55-38-47(25-21-17-13-9-3)53(37-48(55)26-22-18-14-10-4)44-29-33-52(34-30-44)59-41-50(57)39-49(56)40-58-51-31-27-42(5)28-32-51/h27-38,49-50,56-57H,7-26,39-41H2,1-6H3. The average molecular weight is 805 g/mol. The van der Waals surface area contributed by atoms with Gasteiger partial charge in [-0.05, 0) is 140 Å². The van der Waals surface area contributed by atoms with E-state index in [-0.39, 0.29) is 19.6 Å². The fourth-order valence-corrected chi connectivity index (χ4v) is 8.33. The number of aliphatic hydroxyl groups excluding tert-OH is 2. The summed E-state index contributed by atoms with van der Waals surface area (Å²) in [6.45, 7) is 13.8. The molecule has 2 atom stereocenters. The van der Waals surface area contributed by atoms with Crippen molar-refractivity contribution < 1.29 is 19.7 Å². The van der Waals surface area contributed by atoms with Gasteiger partial charge in [0.05, 0.1) is 12.2 Å². The Morgan fingerprint density at radius 3 is 1.25 bits per heavy atom. The van der Waals surface area contributed by atoms with Crippen LogP contribution in [0.4, 0.5) is 0 Å². The monoisotopic (exact) mass is 805 g/mol. The summed E-state index contributed by atoms with van der Waals surface area (Å²) >= 11 is 0. The van der Waals surface area contributed by atoms with E-state index in [1.54, 1.807) is 0 Å². The first-order valence-electron chi connectivity index (χ1n) is 23.8. The summed E-state index contributed by atoms with van der Waals surface area (Å²) in [5, 5.41) is 21.2. The molecule has 0 radical (unpaired) electrons. The van der Waals surface area contributed by atoms with Gasteiger partial charge in [-0.15, -0.1) is 0 Å². The third kappa shape index (κ3) is 16.8. The van der Waals surface area contributed by atoms with Crippen molar-refractivity contribution in [3.05, 3.63) is 106 Å². The van der Waals surface area contributed by atoms with Gasteiger partial charge in [0.15, 0.2) is 0 Å². The summed E-state index contributed by atoms with van der Waals surface area (Å²) in [6, 6.07) is 26.5. The van der Waals surface area contributed by atoms with E-state index in [1.807, 2.05) is 43.3 Å². The van der Waals surface area contributed by atoms with E-state index in [4.69, 9.17) is 9.47 Å². The number of aryl methyl sites for hydroxylation is 6. The third-order valence-corrected chi connectivity index (χ3v) is 12.0.